The average molecular weight is 587 g/mol. The molecule has 19 heteroatoms. The average Bonchev–Trinajstić information content (AvgIpc) is 3.31. The van der Waals surface area contributed by atoms with Crippen molar-refractivity contribution in [1.29, 1.82) is 0 Å². The van der Waals surface area contributed by atoms with E-state index in [1.54, 1.807) is 24.3 Å². The number of halogens is 3. The molecule has 5 atom stereocenters. The van der Waals surface area contributed by atoms with E-state index in [4.69, 9.17) is 37.7 Å². The second-order valence-electron chi connectivity index (χ2n) is 7.73. The third-order valence-electron chi connectivity index (χ3n) is 5.03. The van der Waals surface area contributed by atoms with E-state index in [0.29, 0.717) is 5.02 Å². The first-order valence-corrected chi connectivity index (χ1v) is 14.4. The summed E-state index contributed by atoms with van der Waals surface area (Å²) in [6, 6.07) is 7.09. The van der Waals surface area contributed by atoms with Gasteiger partial charge in [0.05, 0.1) is 6.61 Å². The summed E-state index contributed by atoms with van der Waals surface area (Å²) < 4.78 is 48.5. The molecule has 1 aliphatic heterocycles. The van der Waals surface area contributed by atoms with Gasteiger partial charge in [-0.1, -0.05) is 35.0 Å². The Hall–Kier alpha value is -1.77. The van der Waals surface area contributed by atoms with Gasteiger partial charge >= 0.3 is 15.2 Å². The number of aromatic nitrogens is 5. The lowest BCUT2D eigenvalue weighted by molar-refractivity contribution is -0.0541. The molecule has 196 valence electrons. The van der Waals surface area contributed by atoms with E-state index < -0.39 is 52.3 Å². The second kappa shape index (κ2) is 10.5. The maximum absolute atomic E-state index is 14.7. The van der Waals surface area contributed by atoms with Crippen LogP contribution in [0.4, 0.5) is 10.2 Å². The van der Waals surface area contributed by atoms with Crippen LogP contribution in [0.15, 0.2) is 24.3 Å². The molecule has 0 saturated carbocycles. The zero-order valence-corrected chi connectivity index (χ0v) is 21.2. The number of ether oxygens (including phenoxy) is 1. The number of aliphatic hydroxyl groups excluding tert-OH is 1. The number of nitrogens with one attached hydrogen (secondary N) is 1. The number of rotatable bonds is 9. The molecule has 0 amide bonds. The third-order valence-corrected chi connectivity index (χ3v) is 9.03. The van der Waals surface area contributed by atoms with Gasteiger partial charge in [0.2, 0.25) is 5.28 Å². The minimum atomic E-state index is -4.88. The van der Waals surface area contributed by atoms with Gasteiger partial charge < -0.3 is 34.4 Å². The molecule has 1 fully saturated rings. The lowest BCUT2D eigenvalue weighted by Gasteiger charge is -2.17. The molecular formula is C17H19Cl2FN6O8P2. The van der Waals surface area contributed by atoms with Crippen molar-refractivity contribution in [2.45, 2.75) is 31.2 Å². The van der Waals surface area contributed by atoms with Crippen LogP contribution in [-0.2, 0) is 24.9 Å². The summed E-state index contributed by atoms with van der Waals surface area (Å²) in [6.07, 6.45) is -6.99. The Balaban J connectivity index is 1.53. The van der Waals surface area contributed by atoms with E-state index in [1.807, 2.05) is 0 Å². The van der Waals surface area contributed by atoms with E-state index >= 15 is 0 Å². The van der Waals surface area contributed by atoms with Crippen molar-refractivity contribution < 1.29 is 42.6 Å². The fourth-order valence-electron chi connectivity index (χ4n) is 3.43. The Morgan fingerprint density at radius 3 is 2.61 bits per heavy atom. The molecule has 0 radical (unpaired) electrons. The highest BCUT2D eigenvalue weighted by molar-refractivity contribution is 7.70. The number of hydrogen-bond acceptors (Lipinski definition) is 10. The van der Waals surface area contributed by atoms with Crippen molar-refractivity contribution in [1.82, 2.24) is 25.0 Å². The summed E-state index contributed by atoms with van der Waals surface area (Å²) in [5.74, 6) is -1.28. The summed E-state index contributed by atoms with van der Waals surface area (Å²) >= 11 is 12.2. The van der Waals surface area contributed by atoms with Crippen LogP contribution in [0, 0.1) is 0 Å². The molecule has 0 aliphatic carbocycles. The molecule has 14 nitrogen and oxygen atoms in total. The molecule has 3 aromatic rings. The van der Waals surface area contributed by atoms with Crippen molar-refractivity contribution in [3.8, 4) is 0 Å². The molecule has 1 aliphatic rings. The Morgan fingerprint density at radius 1 is 1.19 bits per heavy atom. The minimum absolute atomic E-state index is 0.0104. The molecule has 1 saturated heterocycles. The molecule has 2 aromatic heterocycles. The Kier molecular flexibility index (Phi) is 7.98. The van der Waals surface area contributed by atoms with Gasteiger partial charge in [-0.2, -0.15) is 14.6 Å². The number of aliphatic hydroxyl groups is 1. The molecule has 1 aromatic carbocycles. The predicted molar refractivity (Wildman–Crippen MR) is 124 cm³/mol. The van der Waals surface area contributed by atoms with Crippen LogP contribution in [0.5, 0.6) is 0 Å². The van der Waals surface area contributed by atoms with Crippen molar-refractivity contribution in [3.63, 3.8) is 0 Å². The van der Waals surface area contributed by atoms with Crippen LogP contribution >= 0.6 is 38.4 Å². The highest BCUT2D eigenvalue weighted by Crippen LogP contribution is 2.55. The molecule has 4 rings (SSSR count). The summed E-state index contributed by atoms with van der Waals surface area (Å²) in [7, 11) is -9.64. The van der Waals surface area contributed by atoms with Gasteiger partial charge in [0.1, 0.15) is 12.2 Å². The van der Waals surface area contributed by atoms with E-state index in [9.17, 15) is 23.5 Å². The fraction of sp³-hybridized carbons (Fsp3) is 0.412. The minimum Gasteiger partial charge on any atom is -0.385 e. The van der Waals surface area contributed by atoms with Crippen LogP contribution in [0.1, 0.15) is 11.8 Å². The number of benzene rings is 1. The number of hydrogen-bond donors (Lipinski definition) is 5. The van der Waals surface area contributed by atoms with E-state index in [2.05, 4.69) is 30.1 Å². The summed E-state index contributed by atoms with van der Waals surface area (Å²) in [6.45, 7) is -0.630. The maximum atomic E-state index is 14.7. The molecule has 3 heterocycles. The van der Waals surface area contributed by atoms with Crippen molar-refractivity contribution >= 4 is 55.4 Å². The lowest BCUT2D eigenvalue weighted by atomic mass is 10.1. The standard InChI is InChI=1S/C17H19Cl2FN6O8P2/c18-9-4-2-1-3-8(9)5-21-14-12-15(23-17(19)22-14)26(25-24-12)16-13(27)11(20)10(34-16)6-33-36(31,32)7-35(28,29)30/h1-4,10-11,13,16,27H,5-7H2,(H,31,32)(H,21,22,23)(H2,28,29,30)/t10-,11-,13-,16-/m1/s1. The maximum Gasteiger partial charge on any atom is 0.340 e. The number of alkyl halides is 1. The largest absolute Gasteiger partial charge is 0.385 e. The van der Waals surface area contributed by atoms with Crippen LogP contribution in [0.3, 0.4) is 0 Å². The van der Waals surface area contributed by atoms with E-state index in [0.717, 1.165) is 10.2 Å². The van der Waals surface area contributed by atoms with Crippen LogP contribution in [-0.4, -0.2) is 75.6 Å². The zero-order valence-electron chi connectivity index (χ0n) is 17.9. The predicted octanol–water partition coefficient (Wildman–Crippen LogP) is 2.07. The Morgan fingerprint density at radius 2 is 1.92 bits per heavy atom. The highest BCUT2D eigenvalue weighted by atomic mass is 35.5. The van der Waals surface area contributed by atoms with Gasteiger partial charge in [0.15, 0.2) is 35.3 Å². The van der Waals surface area contributed by atoms with Crippen molar-refractivity contribution in [3.05, 3.63) is 40.1 Å². The van der Waals surface area contributed by atoms with Gasteiger partial charge in [-0.3, -0.25) is 9.13 Å². The fourth-order valence-corrected chi connectivity index (χ4v) is 6.36. The number of anilines is 1. The molecule has 0 spiro atoms. The normalized spacial score (nSPS) is 24.2. The first-order chi connectivity index (χ1) is 16.8. The monoisotopic (exact) mass is 586 g/mol. The first-order valence-electron chi connectivity index (χ1n) is 10.1. The zero-order chi connectivity index (χ0) is 26.3. The molecular weight excluding hydrogens is 568 g/mol. The van der Waals surface area contributed by atoms with Gasteiger partial charge in [-0.05, 0) is 23.2 Å². The van der Waals surface area contributed by atoms with Gasteiger partial charge in [0, 0.05) is 11.6 Å². The van der Waals surface area contributed by atoms with Crippen molar-refractivity contribution in [2.24, 2.45) is 0 Å². The van der Waals surface area contributed by atoms with Gasteiger partial charge in [0.25, 0.3) is 0 Å². The molecule has 1 unspecified atom stereocenters. The Labute approximate surface area is 212 Å². The van der Waals surface area contributed by atoms with Crippen LogP contribution in [0.2, 0.25) is 10.3 Å². The van der Waals surface area contributed by atoms with E-state index in [-0.39, 0.29) is 28.8 Å². The van der Waals surface area contributed by atoms with Crippen LogP contribution < -0.4 is 5.32 Å². The second-order valence-corrected chi connectivity index (χ2v) is 12.5. The SMILES string of the molecule is O=P(O)(O)CP(=O)(O)OC[C@H]1O[C@@H](n2nnc3c(NCc4ccccc4Cl)nc(Cl)nc32)[C@H](O)[C@@H]1F. The molecule has 36 heavy (non-hydrogen) atoms. The molecule has 5 N–H and O–H groups in total. The van der Waals surface area contributed by atoms with Crippen LogP contribution in [0.25, 0.3) is 11.2 Å². The summed E-state index contributed by atoms with van der Waals surface area (Å²) in [5.41, 5.74) is 0.870. The molecule has 0 bridgehead atoms. The smallest absolute Gasteiger partial charge is 0.340 e. The lowest BCUT2D eigenvalue weighted by Crippen LogP contribution is -2.30. The van der Waals surface area contributed by atoms with Gasteiger partial charge in [-0.15, -0.1) is 5.10 Å². The number of nitrogens with zero attached hydrogens (tertiary/aromatic N) is 5. The first kappa shape index (κ1) is 27.3. The van der Waals surface area contributed by atoms with E-state index in [1.165, 1.54) is 0 Å². The quantitative estimate of drug-likeness (QED) is 0.180. The summed E-state index contributed by atoms with van der Waals surface area (Å²) in [4.78, 5) is 35.4. The van der Waals surface area contributed by atoms with Gasteiger partial charge in [-0.25, -0.2) is 4.39 Å². The van der Waals surface area contributed by atoms with Crippen molar-refractivity contribution in [2.75, 3.05) is 17.8 Å². The third kappa shape index (κ3) is 6.20. The Bertz CT molecular complexity index is 1360. The summed E-state index contributed by atoms with van der Waals surface area (Å²) in [5, 5.41) is 21.5. The topological polar surface area (TPSA) is 202 Å². The number of fused-ring (bicyclic) bond motifs is 1. The highest BCUT2D eigenvalue weighted by Gasteiger charge is 2.47.